The number of rotatable bonds is 4. The normalized spacial score (nSPS) is 15.0. The van der Waals surface area contributed by atoms with Gasteiger partial charge in [0.05, 0.1) is 5.69 Å². The van der Waals surface area contributed by atoms with Crippen LogP contribution in [0.3, 0.4) is 0 Å². The number of hydrogen-bond donors (Lipinski definition) is 0. The maximum absolute atomic E-state index is 5.91. The van der Waals surface area contributed by atoms with E-state index in [0.717, 1.165) is 18.1 Å². The molecule has 1 aromatic heterocycles. The smallest absolute Gasteiger partial charge is 0.159 e. The molecule has 0 aliphatic heterocycles. The molecule has 0 spiro atoms. The minimum atomic E-state index is 0.601. The Kier molecular flexibility index (Phi) is 3.08. The molecule has 1 fully saturated rings. The van der Waals surface area contributed by atoms with E-state index in [1.54, 1.807) is 0 Å². The van der Waals surface area contributed by atoms with Gasteiger partial charge in [-0.3, -0.25) is 0 Å². The summed E-state index contributed by atoms with van der Waals surface area (Å²) in [7, 11) is 0. The summed E-state index contributed by atoms with van der Waals surface area (Å²) >= 11 is 5.91. The zero-order valence-corrected chi connectivity index (χ0v) is 11.2. The molecule has 18 heavy (non-hydrogen) atoms. The van der Waals surface area contributed by atoms with E-state index in [1.165, 1.54) is 23.6 Å². The van der Waals surface area contributed by atoms with Crippen LogP contribution in [0.2, 0.25) is 0 Å². The number of benzene rings is 1. The van der Waals surface area contributed by atoms with Gasteiger partial charge in [-0.25, -0.2) is 0 Å². The van der Waals surface area contributed by atoms with E-state index in [2.05, 4.69) is 33.3 Å². The van der Waals surface area contributed by atoms with Gasteiger partial charge in [-0.2, -0.15) is 5.10 Å². The Morgan fingerprint density at radius 1 is 1.22 bits per heavy atom. The number of alkyl halides is 1. The Labute approximate surface area is 112 Å². The second-order valence-electron chi connectivity index (χ2n) is 4.77. The summed E-state index contributed by atoms with van der Waals surface area (Å²) in [4.78, 5) is 2.31. The minimum absolute atomic E-state index is 0.601. The van der Waals surface area contributed by atoms with Crippen molar-refractivity contribution >= 4 is 28.2 Å². The molecule has 0 saturated heterocycles. The second-order valence-corrected chi connectivity index (χ2v) is 5.15. The van der Waals surface area contributed by atoms with Crippen molar-refractivity contribution in [1.82, 2.24) is 10.2 Å². The number of nitrogens with zero attached hydrogens (tertiary/aromatic N) is 3. The lowest BCUT2D eigenvalue weighted by Crippen LogP contribution is -2.29. The highest BCUT2D eigenvalue weighted by atomic mass is 35.5. The van der Waals surface area contributed by atoms with E-state index < -0.39 is 0 Å². The van der Waals surface area contributed by atoms with Gasteiger partial charge in [-0.15, -0.1) is 16.7 Å². The van der Waals surface area contributed by atoms with E-state index >= 15 is 0 Å². The van der Waals surface area contributed by atoms with Crippen molar-refractivity contribution in [3.63, 3.8) is 0 Å². The average Bonchev–Trinajstić information content (AvgIpc) is 3.22. The molecule has 94 valence electrons. The van der Waals surface area contributed by atoms with E-state index in [0.29, 0.717) is 11.9 Å². The SMILES string of the molecule is Cc1nnc(N(CCCl)C2CC2)c2ccccc12. The van der Waals surface area contributed by atoms with E-state index in [4.69, 9.17) is 11.6 Å². The monoisotopic (exact) mass is 261 g/mol. The van der Waals surface area contributed by atoms with Crippen LogP contribution in [0.4, 0.5) is 5.82 Å². The lowest BCUT2D eigenvalue weighted by molar-refractivity contribution is 0.797. The third kappa shape index (κ3) is 2.03. The van der Waals surface area contributed by atoms with E-state index in [9.17, 15) is 0 Å². The fourth-order valence-electron chi connectivity index (χ4n) is 2.37. The largest absolute Gasteiger partial charge is 0.350 e. The quantitative estimate of drug-likeness (QED) is 0.792. The van der Waals surface area contributed by atoms with Crippen molar-refractivity contribution in [2.45, 2.75) is 25.8 Å². The molecule has 0 atom stereocenters. The fraction of sp³-hybridized carbons (Fsp3) is 0.429. The maximum Gasteiger partial charge on any atom is 0.159 e. The van der Waals surface area contributed by atoms with Gasteiger partial charge in [0.25, 0.3) is 0 Å². The maximum atomic E-state index is 5.91. The minimum Gasteiger partial charge on any atom is -0.350 e. The molecule has 0 amide bonds. The molecule has 0 N–H and O–H groups in total. The van der Waals surface area contributed by atoms with Crippen molar-refractivity contribution in [2.75, 3.05) is 17.3 Å². The Morgan fingerprint density at radius 3 is 2.61 bits per heavy atom. The number of fused-ring (bicyclic) bond motifs is 1. The first-order chi connectivity index (χ1) is 8.81. The van der Waals surface area contributed by atoms with Crippen LogP contribution in [0.15, 0.2) is 24.3 Å². The standard InChI is InChI=1S/C14H16ClN3/c1-10-12-4-2-3-5-13(12)14(17-16-10)18(9-8-15)11-6-7-11/h2-5,11H,6-9H2,1H3. The lowest BCUT2D eigenvalue weighted by Gasteiger charge is -2.23. The highest BCUT2D eigenvalue weighted by Gasteiger charge is 2.30. The molecule has 3 rings (SSSR count). The molecular formula is C14H16ClN3. The molecule has 0 unspecified atom stereocenters. The van der Waals surface area contributed by atoms with Crippen molar-refractivity contribution in [2.24, 2.45) is 0 Å². The van der Waals surface area contributed by atoms with E-state index in [-0.39, 0.29) is 0 Å². The first-order valence-corrected chi connectivity index (χ1v) is 6.89. The molecule has 4 heteroatoms. The number of anilines is 1. The average molecular weight is 262 g/mol. The van der Waals surface area contributed by atoms with Crippen LogP contribution >= 0.6 is 11.6 Å². The lowest BCUT2D eigenvalue weighted by atomic mass is 10.1. The Morgan fingerprint density at radius 2 is 1.94 bits per heavy atom. The molecular weight excluding hydrogens is 246 g/mol. The molecule has 1 aliphatic rings. The fourth-order valence-corrected chi connectivity index (χ4v) is 2.56. The van der Waals surface area contributed by atoms with Gasteiger partial charge < -0.3 is 4.90 Å². The van der Waals surface area contributed by atoms with Gasteiger partial charge in [-0.1, -0.05) is 24.3 Å². The summed E-state index contributed by atoms with van der Waals surface area (Å²) in [6.45, 7) is 2.84. The van der Waals surface area contributed by atoms with Crippen molar-refractivity contribution < 1.29 is 0 Å². The zero-order chi connectivity index (χ0) is 12.5. The highest BCUT2D eigenvalue weighted by Crippen LogP contribution is 2.34. The van der Waals surface area contributed by atoms with Gasteiger partial charge in [0, 0.05) is 29.2 Å². The molecule has 1 heterocycles. The number of aromatic nitrogens is 2. The summed E-state index contributed by atoms with van der Waals surface area (Å²) in [6, 6.07) is 8.93. The molecule has 2 aromatic rings. The Balaban J connectivity index is 2.12. The van der Waals surface area contributed by atoms with E-state index in [1.807, 2.05) is 13.0 Å². The molecule has 1 aromatic carbocycles. The van der Waals surface area contributed by atoms with Crippen molar-refractivity contribution in [3.05, 3.63) is 30.0 Å². The molecule has 0 bridgehead atoms. The Hall–Kier alpha value is -1.35. The first-order valence-electron chi connectivity index (χ1n) is 6.36. The van der Waals surface area contributed by atoms with Crippen LogP contribution in [0.1, 0.15) is 18.5 Å². The van der Waals surface area contributed by atoms with Crippen LogP contribution in [0.5, 0.6) is 0 Å². The highest BCUT2D eigenvalue weighted by molar-refractivity contribution is 6.18. The first kappa shape index (κ1) is 11.7. The van der Waals surface area contributed by atoms with Crippen LogP contribution in [-0.2, 0) is 0 Å². The molecule has 3 nitrogen and oxygen atoms in total. The van der Waals surface area contributed by atoms with Gasteiger partial charge in [0.1, 0.15) is 0 Å². The van der Waals surface area contributed by atoms with Gasteiger partial charge >= 0.3 is 0 Å². The van der Waals surface area contributed by atoms with Crippen molar-refractivity contribution in [1.29, 1.82) is 0 Å². The topological polar surface area (TPSA) is 29.0 Å². The van der Waals surface area contributed by atoms with Gasteiger partial charge in [0.15, 0.2) is 5.82 Å². The third-order valence-corrected chi connectivity index (χ3v) is 3.61. The predicted molar refractivity (Wildman–Crippen MR) is 75.4 cm³/mol. The number of halogens is 1. The number of hydrogen-bond acceptors (Lipinski definition) is 3. The van der Waals surface area contributed by atoms with Crippen LogP contribution in [-0.4, -0.2) is 28.7 Å². The van der Waals surface area contributed by atoms with Gasteiger partial charge in [-0.05, 0) is 19.8 Å². The zero-order valence-electron chi connectivity index (χ0n) is 10.4. The molecule has 0 radical (unpaired) electrons. The van der Waals surface area contributed by atoms with Crippen LogP contribution in [0.25, 0.3) is 10.8 Å². The Bertz CT molecular complexity index is 566. The van der Waals surface area contributed by atoms with Crippen LogP contribution < -0.4 is 4.90 Å². The second kappa shape index (κ2) is 4.73. The van der Waals surface area contributed by atoms with Gasteiger partial charge in [0.2, 0.25) is 0 Å². The summed E-state index contributed by atoms with van der Waals surface area (Å²) < 4.78 is 0. The predicted octanol–water partition coefficient (Wildman–Crippen LogP) is 3.15. The summed E-state index contributed by atoms with van der Waals surface area (Å²) in [5, 5.41) is 11.1. The molecule has 1 saturated carbocycles. The number of aryl methyl sites for hydroxylation is 1. The summed E-state index contributed by atoms with van der Waals surface area (Å²) in [6.07, 6.45) is 2.47. The third-order valence-electron chi connectivity index (χ3n) is 3.44. The van der Waals surface area contributed by atoms with Crippen molar-refractivity contribution in [3.8, 4) is 0 Å². The summed E-state index contributed by atoms with van der Waals surface area (Å²) in [5.41, 5.74) is 0.982. The molecule has 1 aliphatic carbocycles. The van der Waals surface area contributed by atoms with Crippen LogP contribution in [0, 0.1) is 6.92 Å². The summed E-state index contributed by atoms with van der Waals surface area (Å²) in [5.74, 6) is 1.61.